The third kappa shape index (κ3) is 6.84. The first-order valence-corrected chi connectivity index (χ1v) is 7.19. The Balaban J connectivity index is 2.09. The Morgan fingerprint density at radius 2 is 2.21 bits per heavy atom. The Morgan fingerprint density at radius 3 is 2.95 bits per heavy atom. The van der Waals surface area contributed by atoms with Crippen LogP contribution in [0.5, 0.6) is 0 Å². The summed E-state index contributed by atoms with van der Waals surface area (Å²) in [7, 11) is 0. The number of aryl methyl sites for hydroxylation is 1. The van der Waals surface area contributed by atoms with E-state index in [1.54, 1.807) is 0 Å². The van der Waals surface area contributed by atoms with E-state index in [2.05, 4.69) is 22.2 Å². The van der Waals surface area contributed by atoms with Crippen molar-refractivity contribution >= 4 is 11.8 Å². The molecule has 0 aliphatic heterocycles. The molecule has 0 saturated heterocycles. The third-order valence-corrected chi connectivity index (χ3v) is 2.82. The van der Waals surface area contributed by atoms with E-state index in [1.165, 1.54) is 6.42 Å². The number of aromatic amines is 1. The van der Waals surface area contributed by atoms with E-state index in [1.807, 2.05) is 13.1 Å². The molecule has 0 radical (unpaired) electrons. The molecular formula is C14H25N3O2. The first kappa shape index (κ1) is 15.5. The number of esters is 1. The Morgan fingerprint density at radius 1 is 1.37 bits per heavy atom. The fourth-order valence-corrected chi connectivity index (χ4v) is 1.77. The van der Waals surface area contributed by atoms with Crippen LogP contribution >= 0.6 is 0 Å². The number of carbonyl (C=O) groups excluding carboxylic acids is 1. The van der Waals surface area contributed by atoms with Gasteiger partial charge in [0, 0.05) is 19.4 Å². The zero-order valence-corrected chi connectivity index (χ0v) is 12.0. The van der Waals surface area contributed by atoms with E-state index < -0.39 is 0 Å². The molecule has 0 fully saturated rings. The van der Waals surface area contributed by atoms with Gasteiger partial charge >= 0.3 is 5.97 Å². The number of unbranched alkanes of at least 4 members (excludes halogenated alkanes) is 2. The number of rotatable bonds is 10. The summed E-state index contributed by atoms with van der Waals surface area (Å²) in [6, 6.07) is 0. The summed E-state index contributed by atoms with van der Waals surface area (Å²) < 4.78 is 4.87. The Labute approximate surface area is 115 Å². The van der Waals surface area contributed by atoms with Gasteiger partial charge in [0.05, 0.1) is 12.8 Å². The van der Waals surface area contributed by atoms with Crippen LogP contribution in [0, 0.1) is 0 Å². The molecule has 0 aliphatic carbocycles. The van der Waals surface area contributed by atoms with Gasteiger partial charge in [0.1, 0.15) is 11.6 Å². The molecule has 5 nitrogen and oxygen atoms in total. The number of H-pyrrole nitrogens is 1. The van der Waals surface area contributed by atoms with Crippen molar-refractivity contribution in [1.82, 2.24) is 9.97 Å². The van der Waals surface area contributed by atoms with Crippen LogP contribution < -0.4 is 5.32 Å². The number of nitrogens with one attached hydrogen (secondary N) is 2. The smallest absolute Gasteiger partial charge is 0.305 e. The summed E-state index contributed by atoms with van der Waals surface area (Å²) in [5, 5.41) is 3.28. The normalized spacial score (nSPS) is 10.4. The molecule has 0 amide bonds. The molecule has 1 rings (SSSR count). The standard InChI is InChI=1S/C14H25N3O2/c1-3-5-8-12-16-11-13(17-12)15-10-7-6-9-14(18)19-4-2/h11,15H,3-10H2,1-2H3,(H,16,17). The van der Waals surface area contributed by atoms with E-state index in [9.17, 15) is 4.79 Å². The molecule has 2 N–H and O–H groups in total. The van der Waals surface area contributed by atoms with Crippen molar-refractivity contribution < 1.29 is 9.53 Å². The van der Waals surface area contributed by atoms with Crippen LogP contribution in [-0.2, 0) is 16.0 Å². The fourth-order valence-electron chi connectivity index (χ4n) is 1.77. The van der Waals surface area contributed by atoms with Crippen molar-refractivity contribution in [3.05, 3.63) is 12.0 Å². The summed E-state index contributed by atoms with van der Waals surface area (Å²) >= 11 is 0. The zero-order chi connectivity index (χ0) is 13.9. The molecule has 0 spiro atoms. The molecule has 0 aliphatic rings. The van der Waals surface area contributed by atoms with Crippen LogP contribution in [0.15, 0.2) is 6.20 Å². The van der Waals surface area contributed by atoms with E-state index in [0.717, 1.165) is 43.9 Å². The van der Waals surface area contributed by atoms with Gasteiger partial charge < -0.3 is 15.0 Å². The van der Waals surface area contributed by atoms with Crippen LogP contribution in [0.3, 0.4) is 0 Å². The number of nitrogens with zero attached hydrogens (tertiary/aromatic N) is 1. The SMILES string of the molecule is CCCCc1ncc(NCCCCC(=O)OCC)[nH]1. The van der Waals surface area contributed by atoms with Gasteiger partial charge in [-0.2, -0.15) is 0 Å². The van der Waals surface area contributed by atoms with Crippen LogP contribution in [0.2, 0.25) is 0 Å². The summed E-state index contributed by atoms with van der Waals surface area (Å²) in [5.74, 6) is 1.89. The molecule has 0 bridgehead atoms. The third-order valence-electron chi connectivity index (χ3n) is 2.82. The maximum atomic E-state index is 11.1. The summed E-state index contributed by atoms with van der Waals surface area (Å²) in [6.45, 7) is 5.31. The second-order valence-electron chi connectivity index (χ2n) is 4.54. The molecule has 5 heteroatoms. The number of aromatic nitrogens is 2. The van der Waals surface area contributed by atoms with Gasteiger partial charge in [-0.15, -0.1) is 0 Å². The number of imidazole rings is 1. The van der Waals surface area contributed by atoms with Gasteiger partial charge in [0.15, 0.2) is 0 Å². The molecule has 1 heterocycles. The van der Waals surface area contributed by atoms with Crippen LogP contribution in [0.1, 0.15) is 51.8 Å². The summed E-state index contributed by atoms with van der Waals surface area (Å²) in [5.41, 5.74) is 0. The maximum Gasteiger partial charge on any atom is 0.305 e. The minimum Gasteiger partial charge on any atom is -0.466 e. The second-order valence-corrected chi connectivity index (χ2v) is 4.54. The van der Waals surface area contributed by atoms with Crippen molar-refractivity contribution in [1.29, 1.82) is 0 Å². The molecule has 19 heavy (non-hydrogen) atoms. The minimum atomic E-state index is -0.106. The molecule has 0 atom stereocenters. The second kappa shape index (κ2) is 9.42. The average Bonchev–Trinajstić information content (AvgIpc) is 2.84. The lowest BCUT2D eigenvalue weighted by molar-refractivity contribution is -0.143. The lowest BCUT2D eigenvalue weighted by atomic mass is 10.2. The minimum absolute atomic E-state index is 0.106. The molecule has 108 valence electrons. The van der Waals surface area contributed by atoms with Crippen molar-refractivity contribution in [2.24, 2.45) is 0 Å². The maximum absolute atomic E-state index is 11.1. The summed E-state index contributed by atoms with van der Waals surface area (Å²) in [6.07, 6.45) is 7.46. The van der Waals surface area contributed by atoms with Gasteiger partial charge in [-0.05, 0) is 26.2 Å². The largest absolute Gasteiger partial charge is 0.466 e. The molecule has 1 aromatic heterocycles. The monoisotopic (exact) mass is 267 g/mol. The van der Waals surface area contributed by atoms with E-state index in [0.29, 0.717) is 13.0 Å². The van der Waals surface area contributed by atoms with Gasteiger partial charge in [-0.1, -0.05) is 13.3 Å². The quantitative estimate of drug-likeness (QED) is 0.505. The fraction of sp³-hybridized carbons (Fsp3) is 0.714. The topological polar surface area (TPSA) is 67.0 Å². The number of carbonyl (C=O) groups is 1. The van der Waals surface area contributed by atoms with E-state index in [4.69, 9.17) is 4.74 Å². The lowest BCUT2D eigenvalue weighted by Crippen LogP contribution is -2.06. The van der Waals surface area contributed by atoms with Gasteiger partial charge in [-0.3, -0.25) is 4.79 Å². The van der Waals surface area contributed by atoms with E-state index in [-0.39, 0.29) is 5.97 Å². The molecule has 1 aromatic rings. The average molecular weight is 267 g/mol. The summed E-state index contributed by atoms with van der Waals surface area (Å²) in [4.78, 5) is 18.7. The highest BCUT2D eigenvalue weighted by atomic mass is 16.5. The number of hydrogen-bond donors (Lipinski definition) is 2. The molecule has 0 saturated carbocycles. The van der Waals surface area contributed by atoms with E-state index >= 15 is 0 Å². The Bertz CT molecular complexity index is 363. The highest BCUT2D eigenvalue weighted by Gasteiger charge is 2.02. The van der Waals surface area contributed by atoms with Crippen molar-refractivity contribution in [2.45, 2.75) is 52.4 Å². The predicted octanol–water partition coefficient (Wildman–Crippen LogP) is 2.90. The predicted molar refractivity (Wildman–Crippen MR) is 76.2 cm³/mol. The Hall–Kier alpha value is -1.52. The zero-order valence-electron chi connectivity index (χ0n) is 12.0. The van der Waals surface area contributed by atoms with Crippen LogP contribution in [0.25, 0.3) is 0 Å². The highest BCUT2D eigenvalue weighted by molar-refractivity contribution is 5.69. The van der Waals surface area contributed by atoms with Crippen molar-refractivity contribution in [3.63, 3.8) is 0 Å². The molecular weight excluding hydrogens is 242 g/mol. The molecule has 0 unspecified atom stereocenters. The number of ether oxygens (including phenoxy) is 1. The van der Waals surface area contributed by atoms with Crippen LogP contribution in [-0.4, -0.2) is 29.1 Å². The molecule has 0 aromatic carbocycles. The van der Waals surface area contributed by atoms with Crippen molar-refractivity contribution in [2.75, 3.05) is 18.5 Å². The highest BCUT2D eigenvalue weighted by Crippen LogP contribution is 2.07. The van der Waals surface area contributed by atoms with Crippen molar-refractivity contribution in [3.8, 4) is 0 Å². The van der Waals surface area contributed by atoms with Crippen LogP contribution in [0.4, 0.5) is 5.82 Å². The lowest BCUT2D eigenvalue weighted by Gasteiger charge is -2.03. The first-order chi connectivity index (χ1) is 9.26. The van der Waals surface area contributed by atoms with Gasteiger partial charge in [0.25, 0.3) is 0 Å². The first-order valence-electron chi connectivity index (χ1n) is 7.19. The van der Waals surface area contributed by atoms with Gasteiger partial charge in [-0.25, -0.2) is 4.98 Å². The number of hydrogen-bond acceptors (Lipinski definition) is 4. The number of anilines is 1. The Kier molecular flexibility index (Phi) is 7.70. The van der Waals surface area contributed by atoms with Gasteiger partial charge in [0.2, 0.25) is 0 Å².